The Bertz CT molecular complexity index is 488. The third-order valence-electron chi connectivity index (χ3n) is 3.88. The average molecular weight is 277 g/mol. The highest BCUT2D eigenvalue weighted by Crippen LogP contribution is 2.35. The highest BCUT2D eigenvalue weighted by molar-refractivity contribution is 5.78. The first kappa shape index (κ1) is 14.7. The Kier molecular flexibility index (Phi) is 4.49. The van der Waals surface area contributed by atoms with Crippen molar-refractivity contribution >= 4 is 11.6 Å². The summed E-state index contributed by atoms with van der Waals surface area (Å²) in [5.41, 5.74) is 13.6. The summed E-state index contributed by atoms with van der Waals surface area (Å²) < 4.78 is 5.41. The molecule has 1 aliphatic rings. The van der Waals surface area contributed by atoms with E-state index in [9.17, 15) is 4.79 Å². The second-order valence-corrected chi connectivity index (χ2v) is 5.37. The first-order valence-electron chi connectivity index (χ1n) is 7.01. The maximum absolute atomic E-state index is 11.4. The molecule has 1 aliphatic heterocycles. The predicted octanol–water partition coefficient (Wildman–Crippen LogP) is 1.42. The van der Waals surface area contributed by atoms with Gasteiger partial charge in [0.25, 0.3) is 0 Å². The van der Waals surface area contributed by atoms with Crippen LogP contribution in [0.3, 0.4) is 0 Å². The molecule has 0 aromatic heterocycles. The lowest BCUT2D eigenvalue weighted by Gasteiger charge is -2.35. The van der Waals surface area contributed by atoms with Gasteiger partial charge in [-0.3, -0.25) is 4.79 Å². The molecule has 20 heavy (non-hydrogen) atoms. The fourth-order valence-electron chi connectivity index (χ4n) is 2.87. The Hall–Kier alpha value is -1.75. The lowest BCUT2D eigenvalue weighted by Crippen LogP contribution is -2.41. The molecule has 0 aliphatic carbocycles. The molecule has 5 heteroatoms. The first-order chi connectivity index (χ1) is 9.54. The smallest absolute Gasteiger partial charge is 0.222 e. The average Bonchev–Trinajstić information content (AvgIpc) is 2.46. The van der Waals surface area contributed by atoms with Crippen molar-refractivity contribution < 1.29 is 9.53 Å². The Labute approximate surface area is 119 Å². The standard InChI is InChI=1S/C15H23N3O2/c1-10(16)14-12(6-3-7-13(14)20-2)18-8-4-5-11(9-18)15(17)19/h3,6-7,10-11H,4-5,8-9,16H2,1-2H3,(H2,17,19)/t10-,11?/m1/s1. The molecule has 5 nitrogen and oxygen atoms in total. The zero-order chi connectivity index (χ0) is 14.7. The fourth-order valence-corrected chi connectivity index (χ4v) is 2.87. The van der Waals surface area contributed by atoms with Crippen molar-refractivity contribution in [1.29, 1.82) is 0 Å². The Morgan fingerprint density at radius 1 is 1.50 bits per heavy atom. The summed E-state index contributed by atoms with van der Waals surface area (Å²) in [5.74, 6) is 0.481. The topological polar surface area (TPSA) is 81.6 Å². The maximum atomic E-state index is 11.4. The van der Waals surface area contributed by atoms with E-state index in [2.05, 4.69) is 4.90 Å². The zero-order valence-electron chi connectivity index (χ0n) is 12.1. The number of benzene rings is 1. The first-order valence-corrected chi connectivity index (χ1v) is 7.01. The third kappa shape index (κ3) is 2.88. The van der Waals surface area contributed by atoms with Crippen molar-refractivity contribution in [2.45, 2.75) is 25.8 Å². The second-order valence-electron chi connectivity index (χ2n) is 5.37. The molecule has 1 heterocycles. The molecular formula is C15H23N3O2. The van der Waals surface area contributed by atoms with Crippen molar-refractivity contribution in [2.75, 3.05) is 25.1 Å². The van der Waals surface area contributed by atoms with E-state index in [1.807, 2.05) is 25.1 Å². The van der Waals surface area contributed by atoms with Gasteiger partial charge < -0.3 is 21.1 Å². The van der Waals surface area contributed by atoms with Gasteiger partial charge in [-0.05, 0) is 31.9 Å². The number of methoxy groups -OCH3 is 1. The number of nitrogens with zero attached hydrogens (tertiary/aromatic N) is 1. The molecule has 1 amide bonds. The number of anilines is 1. The van der Waals surface area contributed by atoms with Gasteiger partial charge >= 0.3 is 0 Å². The summed E-state index contributed by atoms with van der Waals surface area (Å²) in [6.07, 6.45) is 1.83. The van der Waals surface area contributed by atoms with E-state index in [4.69, 9.17) is 16.2 Å². The summed E-state index contributed by atoms with van der Waals surface area (Å²) in [7, 11) is 1.65. The number of carbonyl (C=O) groups is 1. The molecule has 1 aromatic carbocycles. The monoisotopic (exact) mass is 277 g/mol. The molecular weight excluding hydrogens is 254 g/mol. The minimum Gasteiger partial charge on any atom is -0.496 e. The van der Waals surface area contributed by atoms with E-state index >= 15 is 0 Å². The predicted molar refractivity (Wildman–Crippen MR) is 79.7 cm³/mol. The van der Waals surface area contributed by atoms with Gasteiger partial charge in [0.15, 0.2) is 0 Å². The largest absolute Gasteiger partial charge is 0.496 e. The number of hydrogen-bond donors (Lipinski definition) is 2. The van der Waals surface area contributed by atoms with Crippen LogP contribution in [0.25, 0.3) is 0 Å². The van der Waals surface area contributed by atoms with Crippen LogP contribution in [0, 0.1) is 5.92 Å². The van der Waals surface area contributed by atoms with E-state index in [0.717, 1.165) is 36.4 Å². The molecule has 1 aromatic rings. The molecule has 0 saturated carbocycles. The van der Waals surface area contributed by atoms with Gasteiger partial charge in [-0.1, -0.05) is 6.07 Å². The Morgan fingerprint density at radius 3 is 2.85 bits per heavy atom. The zero-order valence-corrected chi connectivity index (χ0v) is 12.1. The van der Waals surface area contributed by atoms with E-state index < -0.39 is 0 Å². The number of nitrogens with two attached hydrogens (primary N) is 2. The van der Waals surface area contributed by atoms with E-state index in [1.54, 1.807) is 7.11 Å². The molecule has 0 bridgehead atoms. The molecule has 4 N–H and O–H groups in total. The molecule has 110 valence electrons. The molecule has 1 fully saturated rings. The molecule has 2 atom stereocenters. The number of ether oxygens (including phenoxy) is 1. The van der Waals surface area contributed by atoms with Crippen molar-refractivity contribution in [3.8, 4) is 5.75 Å². The van der Waals surface area contributed by atoms with Crippen LogP contribution in [0.2, 0.25) is 0 Å². The summed E-state index contributed by atoms with van der Waals surface area (Å²) in [6, 6.07) is 5.77. The summed E-state index contributed by atoms with van der Waals surface area (Å²) in [5, 5.41) is 0. The molecule has 1 unspecified atom stereocenters. The van der Waals surface area contributed by atoms with Crippen LogP contribution in [0.4, 0.5) is 5.69 Å². The Morgan fingerprint density at radius 2 is 2.25 bits per heavy atom. The number of carbonyl (C=O) groups excluding carboxylic acids is 1. The van der Waals surface area contributed by atoms with Gasteiger partial charge in [0.1, 0.15) is 5.75 Å². The number of rotatable bonds is 4. The van der Waals surface area contributed by atoms with Gasteiger partial charge in [0.2, 0.25) is 5.91 Å². The van der Waals surface area contributed by atoms with Crippen LogP contribution in [-0.4, -0.2) is 26.1 Å². The number of primary amides is 1. The van der Waals surface area contributed by atoms with E-state index in [1.165, 1.54) is 0 Å². The SMILES string of the molecule is COc1cccc(N2CCCC(C(N)=O)C2)c1[C@@H](C)N. The van der Waals surface area contributed by atoms with E-state index in [-0.39, 0.29) is 17.9 Å². The minimum absolute atomic E-state index is 0.0871. The Balaban J connectivity index is 2.34. The quantitative estimate of drug-likeness (QED) is 0.872. The van der Waals surface area contributed by atoms with Crippen LogP contribution in [0.15, 0.2) is 18.2 Å². The minimum atomic E-state index is -0.222. The highest BCUT2D eigenvalue weighted by Gasteiger charge is 2.26. The molecule has 0 radical (unpaired) electrons. The fraction of sp³-hybridized carbons (Fsp3) is 0.533. The van der Waals surface area contributed by atoms with Gasteiger partial charge in [-0.25, -0.2) is 0 Å². The van der Waals surface area contributed by atoms with Crippen molar-refractivity contribution in [3.05, 3.63) is 23.8 Å². The second kappa shape index (κ2) is 6.13. The third-order valence-corrected chi connectivity index (χ3v) is 3.88. The summed E-state index contributed by atoms with van der Waals surface area (Å²) in [4.78, 5) is 13.6. The van der Waals surface area contributed by atoms with Crippen LogP contribution in [0.5, 0.6) is 5.75 Å². The number of amides is 1. The lowest BCUT2D eigenvalue weighted by atomic mass is 9.95. The van der Waals surface area contributed by atoms with Crippen molar-refractivity contribution in [3.63, 3.8) is 0 Å². The van der Waals surface area contributed by atoms with Crippen molar-refractivity contribution in [1.82, 2.24) is 0 Å². The maximum Gasteiger partial charge on any atom is 0.222 e. The molecule has 0 spiro atoms. The van der Waals surface area contributed by atoms with Gasteiger partial charge in [0.05, 0.1) is 13.0 Å². The van der Waals surface area contributed by atoms with Gasteiger partial charge in [-0.15, -0.1) is 0 Å². The highest BCUT2D eigenvalue weighted by atomic mass is 16.5. The number of hydrogen-bond acceptors (Lipinski definition) is 4. The molecule has 2 rings (SSSR count). The van der Waals surface area contributed by atoms with Gasteiger partial charge in [-0.2, -0.15) is 0 Å². The normalized spacial score (nSPS) is 20.6. The van der Waals surface area contributed by atoms with Crippen LogP contribution in [0.1, 0.15) is 31.4 Å². The van der Waals surface area contributed by atoms with Gasteiger partial charge in [0, 0.05) is 30.4 Å². The van der Waals surface area contributed by atoms with Crippen LogP contribution >= 0.6 is 0 Å². The summed E-state index contributed by atoms with van der Waals surface area (Å²) >= 11 is 0. The van der Waals surface area contributed by atoms with Crippen LogP contribution < -0.4 is 21.1 Å². The summed E-state index contributed by atoms with van der Waals surface area (Å²) in [6.45, 7) is 3.51. The number of piperidine rings is 1. The van der Waals surface area contributed by atoms with Crippen molar-refractivity contribution in [2.24, 2.45) is 17.4 Å². The van der Waals surface area contributed by atoms with Crippen LogP contribution in [-0.2, 0) is 4.79 Å². The molecule has 1 saturated heterocycles. The van der Waals surface area contributed by atoms with E-state index in [0.29, 0.717) is 6.54 Å². The lowest BCUT2D eigenvalue weighted by molar-refractivity contribution is -0.122.